The molecule has 2 aliphatic heterocycles. The van der Waals surface area contributed by atoms with Gasteiger partial charge in [0.1, 0.15) is 0 Å². The molecule has 3 heterocycles. The Labute approximate surface area is 164 Å². The summed E-state index contributed by atoms with van der Waals surface area (Å²) in [4.78, 5) is 21.0. The minimum Gasteiger partial charge on any atom is -0.340 e. The fraction of sp³-hybridized carbons (Fsp3) is 0.364. The molecule has 6 heteroatoms. The molecular weight excluding hydrogens is 350 g/mol. The molecule has 0 spiro atoms. The molecule has 2 aliphatic rings. The molecule has 2 aromatic carbocycles. The molecule has 28 heavy (non-hydrogen) atoms. The summed E-state index contributed by atoms with van der Waals surface area (Å²) in [6.07, 6.45) is 5.37. The number of fused-ring (bicyclic) bond motifs is 1. The molecule has 5 rings (SSSR count). The fourth-order valence-electron chi connectivity index (χ4n) is 4.35. The SMILES string of the molecule is O=C1CCCN1C1CCN(c2nncc(-c3ccc4ccccc4c3)n2)CC1. The van der Waals surface area contributed by atoms with Gasteiger partial charge in [0.2, 0.25) is 11.9 Å². The van der Waals surface area contributed by atoms with E-state index in [0.29, 0.717) is 24.3 Å². The molecule has 142 valence electrons. The van der Waals surface area contributed by atoms with Crippen molar-refractivity contribution in [2.24, 2.45) is 0 Å². The number of anilines is 1. The van der Waals surface area contributed by atoms with Crippen LogP contribution in [0, 0.1) is 0 Å². The smallest absolute Gasteiger partial charge is 0.245 e. The van der Waals surface area contributed by atoms with Crippen molar-refractivity contribution < 1.29 is 4.79 Å². The highest BCUT2D eigenvalue weighted by Gasteiger charge is 2.31. The molecule has 0 bridgehead atoms. The molecule has 2 fully saturated rings. The minimum absolute atomic E-state index is 0.315. The van der Waals surface area contributed by atoms with Gasteiger partial charge in [-0.3, -0.25) is 4.79 Å². The molecule has 0 atom stereocenters. The normalized spacial score (nSPS) is 18.2. The maximum Gasteiger partial charge on any atom is 0.245 e. The first-order valence-corrected chi connectivity index (χ1v) is 10.0. The van der Waals surface area contributed by atoms with E-state index in [0.717, 1.165) is 50.2 Å². The lowest BCUT2D eigenvalue weighted by Crippen LogP contribution is -2.45. The van der Waals surface area contributed by atoms with Crippen molar-refractivity contribution in [1.82, 2.24) is 20.1 Å². The van der Waals surface area contributed by atoms with E-state index in [1.807, 2.05) is 12.1 Å². The summed E-state index contributed by atoms with van der Waals surface area (Å²) in [5, 5.41) is 10.9. The Hall–Kier alpha value is -3.02. The van der Waals surface area contributed by atoms with Crippen LogP contribution in [0.1, 0.15) is 25.7 Å². The van der Waals surface area contributed by atoms with Crippen LogP contribution in [-0.4, -0.2) is 51.7 Å². The van der Waals surface area contributed by atoms with Crippen LogP contribution in [0.15, 0.2) is 48.7 Å². The first-order valence-electron chi connectivity index (χ1n) is 10.0. The largest absolute Gasteiger partial charge is 0.340 e. The molecule has 1 aromatic heterocycles. The fourth-order valence-corrected chi connectivity index (χ4v) is 4.35. The van der Waals surface area contributed by atoms with Gasteiger partial charge in [0.15, 0.2) is 0 Å². The molecule has 3 aromatic rings. The highest BCUT2D eigenvalue weighted by molar-refractivity contribution is 5.86. The second-order valence-corrected chi connectivity index (χ2v) is 7.61. The Morgan fingerprint density at radius 3 is 2.57 bits per heavy atom. The van der Waals surface area contributed by atoms with E-state index in [4.69, 9.17) is 4.98 Å². The molecule has 1 amide bonds. The number of carbonyl (C=O) groups excluding carboxylic acids is 1. The standard InChI is InChI=1S/C22H23N5O/c28-21-6-3-11-27(21)19-9-12-26(13-10-19)22-24-20(15-23-25-22)18-8-7-16-4-1-2-5-17(16)14-18/h1-2,4-5,7-8,14-15,19H,3,6,9-13H2. The van der Waals surface area contributed by atoms with Crippen molar-refractivity contribution >= 4 is 22.6 Å². The van der Waals surface area contributed by atoms with Crippen LogP contribution in [0.4, 0.5) is 5.95 Å². The summed E-state index contributed by atoms with van der Waals surface area (Å²) >= 11 is 0. The summed E-state index contributed by atoms with van der Waals surface area (Å²) in [7, 11) is 0. The summed E-state index contributed by atoms with van der Waals surface area (Å²) in [5.41, 5.74) is 1.89. The lowest BCUT2D eigenvalue weighted by atomic mass is 10.0. The molecular formula is C22H23N5O. The summed E-state index contributed by atoms with van der Waals surface area (Å²) in [5.74, 6) is 0.992. The van der Waals surface area contributed by atoms with Crippen LogP contribution in [0.25, 0.3) is 22.0 Å². The number of piperidine rings is 1. The number of benzene rings is 2. The Balaban J connectivity index is 1.33. The average molecular weight is 373 g/mol. The van der Waals surface area contributed by atoms with E-state index in [1.165, 1.54) is 10.8 Å². The van der Waals surface area contributed by atoms with Gasteiger partial charge in [-0.25, -0.2) is 4.98 Å². The summed E-state index contributed by atoms with van der Waals surface area (Å²) < 4.78 is 0. The van der Waals surface area contributed by atoms with E-state index in [9.17, 15) is 4.79 Å². The zero-order chi connectivity index (χ0) is 18.9. The van der Waals surface area contributed by atoms with Crippen LogP contribution < -0.4 is 4.90 Å². The van der Waals surface area contributed by atoms with Gasteiger partial charge in [-0.15, -0.1) is 5.10 Å². The molecule has 6 nitrogen and oxygen atoms in total. The van der Waals surface area contributed by atoms with Crippen molar-refractivity contribution in [3.63, 3.8) is 0 Å². The molecule has 0 radical (unpaired) electrons. The number of amides is 1. The molecule has 0 aliphatic carbocycles. The molecule has 0 saturated carbocycles. The maximum absolute atomic E-state index is 12.0. The zero-order valence-corrected chi connectivity index (χ0v) is 15.8. The number of rotatable bonds is 3. The monoisotopic (exact) mass is 373 g/mol. The maximum atomic E-state index is 12.0. The van der Waals surface area contributed by atoms with Gasteiger partial charge in [0.05, 0.1) is 11.9 Å². The van der Waals surface area contributed by atoms with Gasteiger partial charge in [-0.2, -0.15) is 5.10 Å². The van der Waals surface area contributed by atoms with Crippen LogP contribution in [0.3, 0.4) is 0 Å². The van der Waals surface area contributed by atoms with Crippen LogP contribution in [0.5, 0.6) is 0 Å². The highest BCUT2D eigenvalue weighted by atomic mass is 16.2. The second kappa shape index (κ2) is 7.19. The zero-order valence-electron chi connectivity index (χ0n) is 15.8. The van der Waals surface area contributed by atoms with E-state index in [1.54, 1.807) is 6.20 Å². The topological polar surface area (TPSA) is 62.2 Å². The second-order valence-electron chi connectivity index (χ2n) is 7.61. The predicted octanol–water partition coefficient (Wildman–Crippen LogP) is 3.28. The molecule has 0 unspecified atom stereocenters. The van der Waals surface area contributed by atoms with Gasteiger partial charge in [0, 0.05) is 37.7 Å². The Bertz CT molecular complexity index is 1010. The minimum atomic E-state index is 0.315. The van der Waals surface area contributed by atoms with Crippen molar-refractivity contribution in [3.8, 4) is 11.3 Å². The number of carbonyl (C=O) groups is 1. The third-order valence-corrected chi connectivity index (χ3v) is 5.89. The van der Waals surface area contributed by atoms with E-state index in [2.05, 4.69) is 50.3 Å². The lowest BCUT2D eigenvalue weighted by molar-refractivity contribution is -0.130. The van der Waals surface area contributed by atoms with Crippen molar-refractivity contribution in [1.29, 1.82) is 0 Å². The first-order chi connectivity index (χ1) is 13.8. The van der Waals surface area contributed by atoms with Crippen molar-refractivity contribution in [3.05, 3.63) is 48.7 Å². The Morgan fingerprint density at radius 2 is 1.79 bits per heavy atom. The predicted molar refractivity (Wildman–Crippen MR) is 109 cm³/mol. The van der Waals surface area contributed by atoms with Crippen molar-refractivity contribution in [2.75, 3.05) is 24.5 Å². The number of aromatic nitrogens is 3. The first kappa shape index (κ1) is 17.1. The Morgan fingerprint density at radius 1 is 0.964 bits per heavy atom. The number of likely N-dealkylation sites (tertiary alicyclic amines) is 1. The van der Waals surface area contributed by atoms with Gasteiger partial charge in [-0.05, 0) is 36.1 Å². The van der Waals surface area contributed by atoms with Gasteiger partial charge in [-0.1, -0.05) is 36.4 Å². The third-order valence-electron chi connectivity index (χ3n) is 5.89. The molecule has 0 N–H and O–H groups in total. The van der Waals surface area contributed by atoms with E-state index in [-0.39, 0.29) is 0 Å². The summed E-state index contributed by atoms with van der Waals surface area (Å²) in [6.45, 7) is 2.63. The lowest BCUT2D eigenvalue weighted by Gasteiger charge is -2.36. The Kier molecular flexibility index (Phi) is 4.39. The van der Waals surface area contributed by atoms with E-state index < -0.39 is 0 Å². The van der Waals surface area contributed by atoms with Crippen LogP contribution in [-0.2, 0) is 4.79 Å². The number of hydrogen-bond acceptors (Lipinski definition) is 5. The van der Waals surface area contributed by atoms with Gasteiger partial charge in [0.25, 0.3) is 0 Å². The third kappa shape index (κ3) is 3.19. The quantitative estimate of drug-likeness (QED) is 0.705. The van der Waals surface area contributed by atoms with Gasteiger partial charge >= 0.3 is 0 Å². The van der Waals surface area contributed by atoms with Crippen LogP contribution >= 0.6 is 0 Å². The highest BCUT2D eigenvalue weighted by Crippen LogP contribution is 2.26. The summed E-state index contributed by atoms with van der Waals surface area (Å²) in [6, 6.07) is 15.0. The van der Waals surface area contributed by atoms with Crippen molar-refractivity contribution in [2.45, 2.75) is 31.7 Å². The average Bonchev–Trinajstić information content (AvgIpc) is 3.19. The van der Waals surface area contributed by atoms with Gasteiger partial charge < -0.3 is 9.80 Å². The van der Waals surface area contributed by atoms with E-state index >= 15 is 0 Å². The molecule has 2 saturated heterocycles. The number of nitrogens with zero attached hydrogens (tertiary/aromatic N) is 5. The number of hydrogen-bond donors (Lipinski definition) is 0. The van der Waals surface area contributed by atoms with Crippen LogP contribution in [0.2, 0.25) is 0 Å².